The summed E-state index contributed by atoms with van der Waals surface area (Å²) in [5.41, 5.74) is 1.68. The number of rotatable bonds is 3. The van der Waals surface area contributed by atoms with E-state index in [-0.39, 0.29) is 11.8 Å². The van der Waals surface area contributed by atoms with Crippen LogP contribution in [0.1, 0.15) is 22.8 Å². The van der Waals surface area contributed by atoms with Crippen molar-refractivity contribution in [3.05, 3.63) is 53.6 Å². The number of amides is 2. The summed E-state index contributed by atoms with van der Waals surface area (Å²) in [6.07, 6.45) is -0.729. The Morgan fingerprint density at radius 2 is 1.96 bits per heavy atom. The van der Waals surface area contributed by atoms with E-state index in [4.69, 9.17) is 9.47 Å². The first kappa shape index (κ1) is 16.5. The molecule has 6 heteroatoms. The van der Waals surface area contributed by atoms with E-state index in [0.717, 1.165) is 5.56 Å². The average molecular weight is 410 g/mol. The quantitative estimate of drug-likeness (QED) is 0.576. The summed E-state index contributed by atoms with van der Waals surface area (Å²) < 4.78 is 12.6. The van der Waals surface area contributed by atoms with Gasteiger partial charge in [-0.15, -0.1) is 0 Å². The standard InChI is InChI=1S/C18H15NO4.Ru/c1-11-5-4-6-15-16(11)23-12(2)17(20)19(15)18(21)13-7-9-14(22-3)10-8-13;/h1,4-10,12H,2-3H3;/q;+1. The van der Waals surface area contributed by atoms with Gasteiger partial charge in [0, 0.05) is 0 Å². The van der Waals surface area contributed by atoms with Gasteiger partial charge in [0.25, 0.3) is 0 Å². The van der Waals surface area contributed by atoms with Crippen LogP contribution >= 0.6 is 0 Å². The molecule has 0 aromatic heterocycles. The van der Waals surface area contributed by atoms with Gasteiger partial charge in [-0.25, -0.2) is 0 Å². The summed E-state index contributed by atoms with van der Waals surface area (Å²) in [7, 11) is 1.56. The molecule has 1 heterocycles. The Hall–Kier alpha value is -2.33. The molecule has 3 rings (SSSR count). The summed E-state index contributed by atoms with van der Waals surface area (Å²) >= 11 is 2.41. The van der Waals surface area contributed by atoms with Crippen LogP contribution in [-0.4, -0.2) is 29.6 Å². The van der Waals surface area contributed by atoms with Crippen molar-refractivity contribution in [2.24, 2.45) is 0 Å². The Balaban J connectivity index is 2.07. The molecule has 2 aromatic rings. The molecular formula is C18H15NO4Ru+. The molecule has 1 unspecified atom stereocenters. The van der Waals surface area contributed by atoms with E-state index in [9.17, 15) is 9.59 Å². The van der Waals surface area contributed by atoms with E-state index in [1.165, 1.54) is 4.90 Å². The topological polar surface area (TPSA) is 55.8 Å². The Bertz CT molecular complexity index is 816. The number of ether oxygens (including phenoxy) is 2. The van der Waals surface area contributed by atoms with Gasteiger partial charge in [0.15, 0.2) is 0 Å². The molecule has 1 aliphatic heterocycles. The van der Waals surface area contributed by atoms with Crippen LogP contribution < -0.4 is 14.4 Å². The molecule has 2 aromatic carbocycles. The molecule has 0 saturated carbocycles. The molecule has 1 atom stereocenters. The normalized spacial score (nSPS) is 16.2. The number of hydrogen-bond acceptors (Lipinski definition) is 4. The number of carbonyl (C=O) groups excluding carboxylic acids is 2. The number of fused-ring (bicyclic) bond motifs is 1. The molecule has 24 heavy (non-hydrogen) atoms. The molecular weight excluding hydrogens is 395 g/mol. The molecule has 0 spiro atoms. The van der Waals surface area contributed by atoms with Crippen molar-refractivity contribution in [1.82, 2.24) is 0 Å². The van der Waals surface area contributed by atoms with Crippen LogP contribution in [0.3, 0.4) is 0 Å². The molecule has 0 bridgehead atoms. The van der Waals surface area contributed by atoms with Crippen molar-refractivity contribution in [2.45, 2.75) is 13.0 Å². The molecule has 5 nitrogen and oxygen atoms in total. The fourth-order valence-corrected chi connectivity index (χ4v) is 2.92. The van der Waals surface area contributed by atoms with Crippen LogP contribution in [0.4, 0.5) is 5.69 Å². The van der Waals surface area contributed by atoms with Crippen LogP contribution in [0.15, 0.2) is 42.5 Å². The fourth-order valence-electron chi connectivity index (χ4n) is 2.53. The van der Waals surface area contributed by atoms with Crippen LogP contribution in [-0.2, 0) is 22.6 Å². The van der Waals surface area contributed by atoms with Gasteiger partial charge in [-0.05, 0) is 0 Å². The number of methoxy groups -OCH3 is 1. The van der Waals surface area contributed by atoms with E-state index >= 15 is 0 Å². The summed E-state index contributed by atoms with van der Waals surface area (Å²) in [6.45, 7) is 1.64. The van der Waals surface area contributed by atoms with Gasteiger partial charge in [0.05, 0.1) is 0 Å². The second-order valence-electron chi connectivity index (χ2n) is 5.26. The molecule has 123 valence electrons. The van der Waals surface area contributed by atoms with Gasteiger partial charge in [-0.3, -0.25) is 0 Å². The van der Waals surface area contributed by atoms with Crippen LogP contribution in [0.2, 0.25) is 0 Å². The van der Waals surface area contributed by atoms with Gasteiger partial charge in [-0.1, -0.05) is 0 Å². The summed E-state index contributed by atoms with van der Waals surface area (Å²) in [5, 5.41) is 0. The van der Waals surface area contributed by atoms with Gasteiger partial charge < -0.3 is 0 Å². The first-order chi connectivity index (χ1) is 11.6. The SMILES string of the molecule is COc1ccc(C(=O)N2C(=O)C(C)Oc3c([CH]=[Ru+])cccc32)cc1. The predicted octanol–water partition coefficient (Wildman–Crippen LogP) is 2.35. The Morgan fingerprint density at radius 1 is 1.25 bits per heavy atom. The average Bonchev–Trinajstić information content (AvgIpc) is 2.62. The van der Waals surface area contributed by atoms with Crippen LogP contribution in [0.5, 0.6) is 11.5 Å². The second kappa shape index (κ2) is 6.66. The van der Waals surface area contributed by atoms with Crippen molar-refractivity contribution in [2.75, 3.05) is 12.0 Å². The van der Waals surface area contributed by atoms with Crippen molar-refractivity contribution in [3.63, 3.8) is 0 Å². The van der Waals surface area contributed by atoms with E-state index in [1.807, 2.05) is 10.7 Å². The Labute approximate surface area is 149 Å². The van der Waals surface area contributed by atoms with Gasteiger partial charge >= 0.3 is 149 Å². The van der Waals surface area contributed by atoms with E-state index in [1.54, 1.807) is 50.4 Å². The number of hydrogen-bond donors (Lipinski definition) is 0. The van der Waals surface area contributed by atoms with Crippen molar-refractivity contribution < 1.29 is 36.9 Å². The number of imide groups is 1. The van der Waals surface area contributed by atoms with Crippen LogP contribution in [0.25, 0.3) is 0 Å². The monoisotopic (exact) mass is 411 g/mol. The number of carbonyl (C=O) groups is 2. The van der Waals surface area contributed by atoms with Gasteiger partial charge in [-0.2, -0.15) is 0 Å². The maximum atomic E-state index is 12.9. The van der Waals surface area contributed by atoms with Gasteiger partial charge in [0.2, 0.25) is 0 Å². The Morgan fingerprint density at radius 3 is 2.58 bits per heavy atom. The maximum absolute atomic E-state index is 12.9. The minimum atomic E-state index is -0.729. The van der Waals surface area contributed by atoms with Crippen molar-refractivity contribution in [3.8, 4) is 11.5 Å². The third kappa shape index (κ3) is 2.78. The molecule has 0 aliphatic carbocycles. The Kier molecular flexibility index (Phi) is 4.58. The molecule has 2 amide bonds. The first-order valence-electron chi connectivity index (χ1n) is 7.31. The van der Waals surface area contributed by atoms with E-state index in [2.05, 4.69) is 17.9 Å². The molecule has 1 aliphatic rings. The summed E-state index contributed by atoms with van der Waals surface area (Å²) in [4.78, 5) is 26.7. The number of nitrogens with zero attached hydrogens (tertiary/aromatic N) is 1. The van der Waals surface area contributed by atoms with Crippen molar-refractivity contribution in [1.29, 1.82) is 0 Å². The number of para-hydroxylation sites is 1. The molecule has 0 fully saturated rings. The number of benzene rings is 2. The minimum absolute atomic E-state index is 0.384. The number of anilines is 1. The third-order valence-electron chi connectivity index (χ3n) is 3.78. The van der Waals surface area contributed by atoms with Crippen molar-refractivity contribution >= 4 is 22.1 Å². The predicted molar refractivity (Wildman–Crippen MR) is 86.5 cm³/mol. The third-order valence-corrected chi connectivity index (χ3v) is 4.32. The fraction of sp³-hybridized carbons (Fsp3) is 0.167. The van der Waals surface area contributed by atoms with Gasteiger partial charge in [0.1, 0.15) is 0 Å². The first-order valence-corrected chi connectivity index (χ1v) is 8.31. The van der Waals surface area contributed by atoms with Crippen LogP contribution in [0, 0.1) is 0 Å². The van der Waals surface area contributed by atoms with E-state index in [0.29, 0.717) is 22.7 Å². The zero-order valence-electron chi connectivity index (χ0n) is 13.1. The molecule has 0 N–H and O–H groups in total. The molecule has 0 saturated heterocycles. The second-order valence-corrected chi connectivity index (χ2v) is 5.77. The summed E-state index contributed by atoms with van der Waals surface area (Å²) in [5.74, 6) is 0.408. The summed E-state index contributed by atoms with van der Waals surface area (Å²) in [6, 6.07) is 12.0. The molecule has 0 radical (unpaired) electrons. The van der Waals surface area contributed by atoms with E-state index < -0.39 is 6.10 Å². The zero-order valence-corrected chi connectivity index (χ0v) is 14.9. The zero-order chi connectivity index (χ0) is 17.3.